The van der Waals surface area contributed by atoms with Gasteiger partial charge in [-0.05, 0) is 77.3 Å². The molecule has 0 radical (unpaired) electrons. The van der Waals surface area contributed by atoms with E-state index >= 15 is 0 Å². The largest absolute Gasteiger partial charge is 0.490 e. The van der Waals surface area contributed by atoms with E-state index in [4.69, 9.17) is 14.2 Å². The van der Waals surface area contributed by atoms with Gasteiger partial charge in [-0.1, -0.05) is 64.5 Å². The van der Waals surface area contributed by atoms with Crippen molar-refractivity contribution >= 4 is 55.6 Å². The molecule has 0 spiro atoms. The van der Waals surface area contributed by atoms with E-state index in [1.54, 1.807) is 30.3 Å². The Kier molecular flexibility index (Phi) is 11.1. The molecule has 0 saturated carbocycles. The predicted molar refractivity (Wildman–Crippen MR) is 171 cm³/mol. The van der Waals surface area contributed by atoms with Crippen LogP contribution in [0.5, 0.6) is 17.2 Å². The van der Waals surface area contributed by atoms with Crippen LogP contribution in [0.4, 0.5) is 5.69 Å². The van der Waals surface area contributed by atoms with Gasteiger partial charge in [-0.25, -0.2) is 5.43 Å². The van der Waals surface area contributed by atoms with Crippen molar-refractivity contribution in [1.82, 2.24) is 5.43 Å². The van der Waals surface area contributed by atoms with Gasteiger partial charge in [-0.3, -0.25) is 9.59 Å². The van der Waals surface area contributed by atoms with Crippen molar-refractivity contribution in [3.8, 4) is 17.2 Å². The van der Waals surface area contributed by atoms with Crippen LogP contribution >= 0.6 is 31.9 Å². The standard InChI is InChI=1S/C32H29Br2N3O5/c1-3-40-29-16-23(13-14-28(29)41-19-22-10-5-4-6-11-22)32(39)37-35-18-24-15-25(33)17-26(34)31(24)42-20-30(38)36-27-12-8-7-9-21(27)2/h4-18H,3,19-20H2,1-2H3,(H,36,38)(H,37,39)/b35-18+. The lowest BCUT2D eigenvalue weighted by Gasteiger charge is -2.13. The minimum Gasteiger partial charge on any atom is -0.490 e. The fourth-order valence-corrected chi connectivity index (χ4v) is 5.24. The van der Waals surface area contributed by atoms with Crippen molar-refractivity contribution in [3.05, 3.63) is 116 Å². The molecule has 0 aliphatic heterocycles. The highest BCUT2D eigenvalue weighted by Gasteiger charge is 2.14. The summed E-state index contributed by atoms with van der Waals surface area (Å²) in [6.45, 7) is 4.34. The molecule has 0 bridgehead atoms. The monoisotopic (exact) mass is 693 g/mol. The van der Waals surface area contributed by atoms with Crippen molar-refractivity contribution in [2.75, 3.05) is 18.5 Å². The number of benzene rings is 4. The van der Waals surface area contributed by atoms with Gasteiger partial charge < -0.3 is 19.5 Å². The van der Waals surface area contributed by atoms with E-state index in [-0.39, 0.29) is 12.5 Å². The van der Waals surface area contributed by atoms with E-state index in [2.05, 4.69) is 47.7 Å². The summed E-state index contributed by atoms with van der Waals surface area (Å²) in [5.41, 5.74) is 6.11. The Balaban J connectivity index is 1.41. The molecule has 0 aliphatic carbocycles. The van der Waals surface area contributed by atoms with Crippen LogP contribution in [0.2, 0.25) is 0 Å². The first-order valence-corrected chi connectivity index (χ1v) is 14.7. The SMILES string of the molecule is CCOc1cc(C(=O)N/N=C/c2cc(Br)cc(Br)c2OCC(=O)Nc2ccccc2C)ccc1OCc1ccccc1. The van der Waals surface area contributed by atoms with Gasteiger partial charge >= 0.3 is 0 Å². The van der Waals surface area contributed by atoms with Crippen LogP contribution in [0.3, 0.4) is 0 Å². The third-order valence-corrected chi connectivity index (χ3v) is 6.96. The summed E-state index contributed by atoms with van der Waals surface area (Å²) < 4.78 is 18.8. The van der Waals surface area contributed by atoms with Crippen LogP contribution in [0.15, 0.2) is 99.0 Å². The Morgan fingerprint density at radius 2 is 1.64 bits per heavy atom. The van der Waals surface area contributed by atoms with Crippen molar-refractivity contribution in [2.24, 2.45) is 5.10 Å². The molecule has 8 nitrogen and oxygen atoms in total. The quantitative estimate of drug-likeness (QED) is 0.120. The van der Waals surface area contributed by atoms with Crippen LogP contribution in [-0.4, -0.2) is 31.2 Å². The lowest BCUT2D eigenvalue weighted by molar-refractivity contribution is -0.118. The van der Waals surface area contributed by atoms with Gasteiger partial charge in [0.2, 0.25) is 0 Å². The average molecular weight is 695 g/mol. The summed E-state index contributed by atoms with van der Waals surface area (Å²) in [6.07, 6.45) is 1.45. The number of carbonyl (C=O) groups is 2. The molecule has 0 fully saturated rings. The van der Waals surface area contributed by atoms with Crippen LogP contribution in [0.25, 0.3) is 0 Å². The highest BCUT2D eigenvalue weighted by Crippen LogP contribution is 2.32. The summed E-state index contributed by atoms with van der Waals surface area (Å²) in [5.74, 6) is 0.649. The average Bonchev–Trinajstić information content (AvgIpc) is 2.97. The summed E-state index contributed by atoms with van der Waals surface area (Å²) in [7, 11) is 0. The fourth-order valence-electron chi connectivity index (χ4n) is 3.86. The summed E-state index contributed by atoms with van der Waals surface area (Å²) >= 11 is 6.93. The van der Waals surface area contributed by atoms with Gasteiger partial charge in [0.25, 0.3) is 11.8 Å². The van der Waals surface area contributed by atoms with Crippen LogP contribution < -0.4 is 25.0 Å². The first-order valence-electron chi connectivity index (χ1n) is 13.1. The molecular weight excluding hydrogens is 666 g/mol. The minimum absolute atomic E-state index is 0.222. The van der Waals surface area contributed by atoms with Gasteiger partial charge in [0.05, 0.1) is 17.3 Å². The Hall–Kier alpha value is -4.15. The highest BCUT2D eigenvalue weighted by molar-refractivity contribution is 9.11. The normalized spacial score (nSPS) is 10.8. The first kappa shape index (κ1) is 30.8. The number of halogens is 2. The second-order valence-electron chi connectivity index (χ2n) is 9.03. The van der Waals surface area contributed by atoms with Gasteiger partial charge in [0.15, 0.2) is 18.1 Å². The summed E-state index contributed by atoms with van der Waals surface area (Å²) in [5, 5.41) is 6.96. The molecule has 10 heteroatoms. The number of hydrazone groups is 1. The molecule has 0 unspecified atom stereocenters. The van der Waals surface area contributed by atoms with E-state index in [1.807, 2.05) is 68.4 Å². The molecule has 0 aliphatic rings. The molecule has 0 saturated heterocycles. The molecule has 0 atom stereocenters. The highest BCUT2D eigenvalue weighted by atomic mass is 79.9. The maximum absolute atomic E-state index is 12.9. The van der Waals surface area contributed by atoms with Crippen molar-refractivity contribution in [2.45, 2.75) is 20.5 Å². The minimum atomic E-state index is -0.434. The summed E-state index contributed by atoms with van der Waals surface area (Å²) in [6, 6.07) is 25.8. The van der Waals surface area contributed by atoms with Crippen molar-refractivity contribution in [1.29, 1.82) is 0 Å². The lowest BCUT2D eigenvalue weighted by atomic mass is 10.2. The topological polar surface area (TPSA) is 98.3 Å². The van der Waals surface area contributed by atoms with E-state index in [0.29, 0.717) is 51.7 Å². The maximum Gasteiger partial charge on any atom is 0.271 e. The molecule has 216 valence electrons. The molecule has 4 rings (SSSR count). The second kappa shape index (κ2) is 15.2. The van der Waals surface area contributed by atoms with Crippen LogP contribution in [0.1, 0.15) is 34.0 Å². The number of aryl methyl sites for hydroxylation is 1. The van der Waals surface area contributed by atoms with E-state index in [1.165, 1.54) is 6.21 Å². The Morgan fingerprint density at radius 3 is 2.40 bits per heavy atom. The van der Waals surface area contributed by atoms with Crippen molar-refractivity contribution < 1.29 is 23.8 Å². The molecule has 2 amide bonds. The second-order valence-corrected chi connectivity index (χ2v) is 10.8. The zero-order chi connectivity index (χ0) is 29.9. The molecule has 4 aromatic carbocycles. The number of hydrogen-bond acceptors (Lipinski definition) is 6. The Bertz CT molecular complexity index is 1580. The van der Waals surface area contributed by atoms with E-state index in [0.717, 1.165) is 15.6 Å². The smallest absolute Gasteiger partial charge is 0.271 e. The van der Waals surface area contributed by atoms with E-state index in [9.17, 15) is 9.59 Å². The number of ether oxygens (including phenoxy) is 3. The zero-order valence-corrected chi connectivity index (χ0v) is 26.2. The molecule has 0 heterocycles. The van der Waals surface area contributed by atoms with Crippen LogP contribution in [-0.2, 0) is 11.4 Å². The number of nitrogens with zero attached hydrogens (tertiary/aromatic N) is 1. The van der Waals surface area contributed by atoms with Gasteiger partial charge in [0.1, 0.15) is 12.4 Å². The first-order chi connectivity index (χ1) is 20.3. The van der Waals surface area contributed by atoms with Gasteiger partial charge in [-0.15, -0.1) is 0 Å². The number of rotatable bonds is 12. The number of nitrogens with one attached hydrogen (secondary N) is 2. The third kappa shape index (κ3) is 8.67. The molecular formula is C32H29Br2N3O5. The molecule has 0 aromatic heterocycles. The molecule has 4 aromatic rings. The summed E-state index contributed by atoms with van der Waals surface area (Å²) in [4.78, 5) is 25.4. The molecule has 2 N–H and O–H groups in total. The lowest BCUT2D eigenvalue weighted by Crippen LogP contribution is -2.21. The number of carbonyl (C=O) groups excluding carboxylic acids is 2. The number of hydrogen-bond donors (Lipinski definition) is 2. The van der Waals surface area contributed by atoms with Crippen molar-refractivity contribution in [3.63, 3.8) is 0 Å². The third-order valence-electron chi connectivity index (χ3n) is 5.92. The molecule has 42 heavy (non-hydrogen) atoms. The van der Waals surface area contributed by atoms with Crippen LogP contribution in [0, 0.1) is 6.92 Å². The van der Waals surface area contributed by atoms with Gasteiger partial charge in [-0.2, -0.15) is 5.10 Å². The Labute approximate surface area is 261 Å². The zero-order valence-electron chi connectivity index (χ0n) is 23.0. The van der Waals surface area contributed by atoms with Gasteiger partial charge in [0, 0.05) is 21.3 Å². The Morgan fingerprint density at radius 1 is 0.881 bits per heavy atom. The van der Waals surface area contributed by atoms with E-state index < -0.39 is 5.91 Å². The number of amides is 2. The number of anilines is 1. The fraction of sp³-hybridized carbons (Fsp3) is 0.156. The maximum atomic E-state index is 12.9. The predicted octanol–water partition coefficient (Wildman–Crippen LogP) is 7.28. The number of para-hydroxylation sites is 1.